The van der Waals surface area contributed by atoms with Gasteiger partial charge in [0.05, 0.1) is 22.0 Å². The SMILES string of the molecule is Cc1sc2nc([C@@H](C)Oc3ccc(C#N)cc3Cl)[nH]c(=O)c2c1C. The van der Waals surface area contributed by atoms with Crippen molar-refractivity contribution in [3.05, 3.63) is 55.4 Å². The Morgan fingerprint density at radius 3 is 2.83 bits per heavy atom. The van der Waals surface area contributed by atoms with Crippen LogP contribution < -0.4 is 10.3 Å². The van der Waals surface area contributed by atoms with Gasteiger partial charge in [-0.1, -0.05) is 11.6 Å². The predicted octanol–water partition coefficient (Wildman–Crippen LogP) is 4.27. The van der Waals surface area contributed by atoms with E-state index in [0.717, 1.165) is 10.4 Å². The molecule has 24 heavy (non-hydrogen) atoms. The number of fused-ring (bicyclic) bond motifs is 1. The lowest BCUT2D eigenvalue weighted by molar-refractivity contribution is 0.217. The van der Waals surface area contributed by atoms with E-state index in [4.69, 9.17) is 21.6 Å². The summed E-state index contributed by atoms with van der Waals surface area (Å²) in [5.74, 6) is 0.874. The van der Waals surface area contributed by atoms with Gasteiger partial charge in [0.25, 0.3) is 5.56 Å². The summed E-state index contributed by atoms with van der Waals surface area (Å²) in [4.78, 5) is 21.4. The Kier molecular flexibility index (Phi) is 4.31. The quantitative estimate of drug-likeness (QED) is 0.757. The van der Waals surface area contributed by atoms with E-state index in [1.165, 1.54) is 17.4 Å². The molecule has 0 saturated carbocycles. The topological polar surface area (TPSA) is 78.8 Å². The average Bonchev–Trinajstić information content (AvgIpc) is 2.84. The molecule has 1 atom stereocenters. The minimum atomic E-state index is -0.491. The van der Waals surface area contributed by atoms with E-state index in [-0.39, 0.29) is 5.56 Å². The lowest BCUT2D eigenvalue weighted by Crippen LogP contribution is -2.16. The smallest absolute Gasteiger partial charge is 0.260 e. The van der Waals surface area contributed by atoms with Gasteiger partial charge >= 0.3 is 0 Å². The molecule has 0 fully saturated rings. The molecule has 2 aromatic heterocycles. The number of benzene rings is 1. The maximum absolute atomic E-state index is 12.3. The number of aromatic amines is 1. The average molecular weight is 360 g/mol. The van der Waals surface area contributed by atoms with Crippen LogP contribution in [0.25, 0.3) is 10.2 Å². The molecule has 122 valence electrons. The maximum Gasteiger partial charge on any atom is 0.260 e. The van der Waals surface area contributed by atoms with Crippen LogP contribution in [0.4, 0.5) is 0 Å². The molecule has 3 rings (SSSR count). The van der Waals surface area contributed by atoms with Gasteiger partial charge in [-0.3, -0.25) is 4.79 Å². The highest BCUT2D eigenvalue weighted by Gasteiger charge is 2.17. The number of halogens is 1. The monoisotopic (exact) mass is 359 g/mol. The van der Waals surface area contributed by atoms with Crippen molar-refractivity contribution in [3.8, 4) is 11.8 Å². The fourth-order valence-corrected chi connectivity index (χ4v) is 3.64. The van der Waals surface area contributed by atoms with E-state index in [1.54, 1.807) is 19.1 Å². The van der Waals surface area contributed by atoms with Gasteiger partial charge in [0.1, 0.15) is 10.6 Å². The molecule has 0 amide bonds. The van der Waals surface area contributed by atoms with E-state index in [2.05, 4.69) is 9.97 Å². The molecule has 0 spiro atoms. The van der Waals surface area contributed by atoms with Gasteiger partial charge in [-0.25, -0.2) is 4.98 Å². The Bertz CT molecular complexity index is 1030. The predicted molar refractivity (Wildman–Crippen MR) is 94.9 cm³/mol. The van der Waals surface area contributed by atoms with Crippen LogP contribution in [0.5, 0.6) is 5.75 Å². The third-order valence-electron chi connectivity index (χ3n) is 3.81. The third-order valence-corrected chi connectivity index (χ3v) is 5.20. The molecule has 0 saturated heterocycles. The highest BCUT2D eigenvalue weighted by atomic mass is 35.5. The first-order valence-electron chi connectivity index (χ1n) is 7.27. The number of nitrogens with zero attached hydrogens (tertiary/aromatic N) is 2. The lowest BCUT2D eigenvalue weighted by Gasteiger charge is -2.15. The summed E-state index contributed by atoms with van der Waals surface area (Å²) >= 11 is 7.61. The van der Waals surface area contributed by atoms with Gasteiger partial charge in [-0.05, 0) is 44.5 Å². The Morgan fingerprint density at radius 2 is 2.17 bits per heavy atom. The van der Waals surface area contributed by atoms with Crippen molar-refractivity contribution in [2.24, 2.45) is 0 Å². The van der Waals surface area contributed by atoms with Crippen LogP contribution in [-0.2, 0) is 0 Å². The number of H-pyrrole nitrogens is 1. The van der Waals surface area contributed by atoms with Crippen molar-refractivity contribution >= 4 is 33.2 Å². The molecule has 5 nitrogen and oxygen atoms in total. The van der Waals surface area contributed by atoms with Gasteiger partial charge in [0.15, 0.2) is 11.9 Å². The van der Waals surface area contributed by atoms with Crippen molar-refractivity contribution in [2.75, 3.05) is 0 Å². The van der Waals surface area contributed by atoms with Crippen LogP contribution in [0.1, 0.15) is 34.9 Å². The molecule has 0 radical (unpaired) electrons. The van der Waals surface area contributed by atoms with Crippen LogP contribution in [0, 0.1) is 25.2 Å². The summed E-state index contributed by atoms with van der Waals surface area (Å²) < 4.78 is 5.80. The zero-order valence-electron chi connectivity index (χ0n) is 13.3. The van der Waals surface area contributed by atoms with Gasteiger partial charge in [-0.15, -0.1) is 11.3 Å². The summed E-state index contributed by atoms with van der Waals surface area (Å²) in [6, 6.07) is 6.81. The van der Waals surface area contributed by atoms with Crippen LogP contribution >= 0.6 is 22.9 Å². The van der Waals surface area contributed by atoms with Crippen molar-refractivity contribution in [2.45, 2.75) is 26.9 Å². The number of aryl methyl sites for hydroxylation is 2. The molecule has 3 aromatic rings. The number of nitrogens with one attached hydrogen (secondary N) is 1. The number of aromatic nitrogens is 2. The van der Waals surface area contributed by atoms with Gasteiger partial charge in [-0.2, -0.15) is 5.26 Å². The fourth-order valence-electron chi connectivity index (χ4n) is 2.38. The van der Waals surface area contributed by atoms with Crippen LogP contribution in [0.2, 0.25) is 5.02 Å². The van der Waals surface area contributed by atoms with Gasteiger partial charge in [0.2, 0.25) is 0 Å². The molecule has 0 aliphatic heterocycles. The number of nitriles is 1. The first-order chi connectivity index (χ1) is 11.4. The zero-order valence-corrected chi connectivity index (χ0v) is 14.9. The van der Waals surface area contributed by atoms with E-state index in [1.807, 2.05) is 19.9 Å². The van der Waals surface area contributed by atoms with Crippen LogP contribution in [0.3, 0.4) is 0 Å². The first-order valence-corrected chi connectivity index (χ1v) is 8.46. The van der Waals surface area contributed by atoms with Crippen LogP contribution in [-0.4, -0.2) is 9.97 Å². The number of thiophene rings is 1. The number of hydrogen-bond acceptors (Lipinski definition) is 5. The zero-order chi connectivity index (χ0) is 17.4. The molecule has 1 aromatic carbocycles. The van der Waals surface area contributed by atoms with E-state index in [9.17, 15) is 4.79 Å². The highest BCUT2D eigenvalue weighted by Crippen LogP contribution is 2.30. The minimum Gasteiger partial charge on any atom is -0.481 e. The number of hydrogen-bond donors (Lipinski definition) is 1. The maximum atomic E-state index is 12.3. The Hall–Kier alpha value is -2.36. The fraction of sp³-hybridized carbons (Fsp3) is 0.235. The molecule has 7 heteroatoms. The van der Waals surface area contributed by atoms with Crippen LogP contribution in [0.15, 0.2) is 23.0 Å². The molecule has 0 unspecified atom stereocenters. The van der Waals surface area contributed by atoms with Crippen molar-refractivity contribution < 1.29 is 4.74 Å². The second-order valence-electron chi connectivity index (χ2n) is 5.43. The summed E-state index contributed by atoms with van der Waals surface area (Å²) in [5, 5.41) is 9.84. The Labute approximate surface area is 147 Å². The van der Waals surface area contributed by atoms with Crippen molar-refractivity contribution in [1.82, 2.24) is 9.97 Å². The third kappa shape index (κ3) is 2.88. The van der Waals surface area contributed by atoms with Gasteiger partial charge < -0.3 is 9.72 Å². The molecular weight excluding hydrogens is 346 g/mol. The molecule has 0 aliphatic rings. The van der Waals surface area contributed by atoms with E-state index in [0.29, 0.717) is 32.4 Å². The lowest BCUT2D eigenvalue weighted by atomic mass is 10.2. The number of ether oxygens (including phenoxy) is 1. The number of rotatable bonds is 3. The largest absolute Gasteiger partial charge is 0.481 e. The molecular formula is C17H14ClN3O2S. The molecule has 0 bridgehead atoms. The molecule has 1 N–H and O–H groups in total. The molecule has 0 aliphatic carbocycles. The first kappa shape index (κ1) is 16.5. The molecule has 2 heterocycles. The summed E-state index contributed by atoms with van der Waals surface area (Å²) in [6.45, 7) is 5.67. The minimum absolute atomic E-state index is 0.168. The van der Waals surface area contributed by atoms with Crippen molar-refractivity contribution in [1.29, 1.82) is 5.26 Å². The Morgan fingerprint density at radius 1 is 1.42 bits per heavy atom. The summed E-state index contributed by atoms with van der Waals surface area (Å²) in [7, 11) is 0. The second-order valence-corrected chi connectivity index (χ2v) is 7.04. The normalized spacial score (nSPS) is 12.1. The van der Waals surface area contributed by atoms with E-state index >= 15 is 0 Å². The summed E-state index contributed by atoms with van der Waals surface area (Å²) in [5.41, 5.74) is 1.25. The summed E-state index contributed by atoms with van der Waals surface area (Å²) in [6.07, 6.45) is -0.491. The Balaban J connectivity index is 1.96. The standard InChI is InChI=1S/C17H14ClN3O2S/c1-8-10(3)24-17-14(8)16(22)20-15(21-17)9(2)23-13-5-4-11(7-19)6-12(13)18/h4-6,9H,1-3H3,(H,20,21,22)/t9-/m1/s1. The van der Waals surface area contributed by atoms with E-state index < -0.39 is 6.10 Å². The van der Waals surface area contributed by atoms with Crippen molar-refractivity contribution in [3.63, 3.8) is 0 Å². The highest BCUT2D eigenvalue weighted by molar-refractivity contribution is 7.18. The second kappa shape index (κ2) is 6.27. The van der Waals surface area contributed by atoms with Gasteiger partial charge in [0, 0.05) is 4.88 Å².